The maximum Gasteiger partial charge on any atom is 0.274 e. The van der Waals surface area contributed by atoms with E-state index in [1.54, 1.807) is 0 Å². The monoisotopic (exact) mass is 327 g/mol. The molecule has 2 aromatic rings. The van der Waals surface area contributed by atoms with E-state index >= 15 is 0 Å². The molecule has 0 radical (unpaired) electrons. The van der Waals surface area contributed by atoms with Crippen molar-refractivity contribution >= 4 is 11.8 Å². The molecule has 2 amide bonds. The number of carbonyl (C=O) groups excluding carboxylic acids is 2. The molecule has 7 heteroatoms. The Bertz CT molecular complexity index is 781. The summed E-state index contributed by atoms with van der Waals surface area (Å²) in [5.74, 6) is -0.409. The van der Waals surface area contributed by atoms with Gasteiger partial charge in [-0.3, -0.25) is 9.59 Å². The molecule has 24 heavy (non-hydrogen) atoms. The number of hydrogen-bond acceptors (Lipinski definition) is 4. The van der Waals surface area contributed by atoms with Crippen LogP contribution < -0.4 is 10.6 Å². The van der Waals surface area contributed by atoms with E-state index in [0.717, 1.165) is 11.1 Å². The van der Waals surface area contributed by atoms with Gasteiger partial charge in [0.15, 0.2) is 11.4 Å². The molecule has 0 aliphatic carbocycles. The van der Waals surface area contributed by atoms with Crippen LogP contribution in [0.15, 0.2) is 24.3 Å². The quantitative estimate of drug-likeness (QED) is 0.885. The molecule has 126 valence electrons. The lowest BCUT2D eigenvalue weighted by Crippen LogP contribution is -2.48. The number of carbonyl (C=O) groups is 2. The van der Waals surface area contributed by atoms with Crippen LogP contribution in [-0.4, -0.2) is 32.9 Å². The van der Waals surface area contributed by atoms with E-state index in [0.29, 0.717) is 13.1 Å². The molecule has 0 saturated carbocycles. The molecule has 1 aromatic carbocycles. The van der Waals surface area contributed by atoms with E-state index in [4.69, 9.17) is 0 Å². The highest BCUT2D eigenvalue weighted by molar-refractivity contribution is 6.05. The Morgan fingerprint density at radius 1 is 1.42 bits per heavy atom. The topological polar surface area (TPSA) is 88.9 Å². The number of amides is 2. The van der Waals surface area contributed by atoms with Crippen LogP contribution in [0.25, 0.3) is 0 Å². The minimum absolute atomic E-state index is 0.00502. The molecule has 1 aliphatic heterocycles. The van der Waals surface area contributed by atoms with Crippen LogP contribution in [-0.2, 0) is 13.1 Å². The highest BCUT2D eigenvalue weighted by Gasteiger charge is 2.32. The number of rotatable bonds is 4. The summed E-state index contributed by atoms with van der Waals surface area (Å²) in [6, 6.07) is 7.81. The smallest absolute Gasteiger partial charge is 0.274 e. The molecule has 0 saturated heterocycles. The number of nitrogens with zero attached hydrogens (tertiary/aromatic N) is 3. The molecule has 0 bridgehead atoms. The zero-order valence-corrected chi connectivity index (χ0v) is 14.0. The first-order chi connectivity index (χ1) is 11.5. The van der Waals surface area contributed by atoms with Crippen LogP contribution in [0.5, 0.6) is 0 Å². The minimum Gasteiger partial charge on any atom is -0.346 e. The van der Waals surface area contributed by atoms with E-state index in [1.807, 2.05) is 45.0 Å². The lowest BCUT2D eigenvalue weighted by Gasteiger charge is -2.27. The fraction of sp³-hybridized carbons (Fsp3) is 0.412. The maximum absolute atomic E-state index is 12.4. The second-order valence-corrected chi connectivity index (χ2v) is 6.40. The molecule has 2 N–H and O–H groups in total. The molecular weight excluding hydrogens is 306 g/mol. The molecule has 3 rings (SSSR count). The second kappa shape index (κ2) is 6.43. The van der Waals surface area contributed by atoms with Gasteiger partial charge in [-0.2, -0.15) is 0 Å². The Kier molecular flexibility index (Phi) is 4.33. The van der Waals surface area contributed by atoms with Gasteiger partial charge in [-0.15, -0.1) is 5.10 Å². The molecule has 1 aliphatic rings. The van der Waals surface area contributed by atoms with E-state index in [2.05, 4.69) is 20.9 Å². The summed E-state index contributed by atoms with van der Waals surface area (Å²) < 4.78 is 1.52. The van der Waals surface area contributed by atoms with Gasteiger partial charge in [0.05, 0.1) is 12.6 Å². The predicted octanol–water partition coefficient (Wildman–Crippen LogP) is 1.28. The first-order valence-corrected chi connectivity index (χ1v) is 8.04. The molecule has 0 fully saturated rings. The van der Waals surface area contributed by atoms with Crippen LogP contribution in [0.2, 0.25) is 0 Å². The van der Waals surface area contributed by atoms with Crippen molar-refractivity contribution in [2.24, 2.45) is 5.92 Å². The van der Waals surface area contributed by atoms with Crippen molar-refractivity contribution in [3.05, 3.63) is 46.8 Å². The number of fused-ring (bicyclic) bond motifs is 1. The van der Waals surface area contributed by atoms with Gasteiger partial charge >= 0.3 is 0 Å². The Labute approximate surface area is 140 Å². The number of aryl methyl sites for hydroxylation is 1. The normalized spacial score (nSPS) is 16.7. The van der Waals surface area contributed by atoms with Crippen LogP contribution in [0.1, 0.15) is 46.0 Å². The fourth-order valence-electron chi connectivity index (χ4n) is 2.73. The average Bonchev–Trinajstić information content (AvgIpc) is 2.98. The molecule has 1 aromatic heterocycles. The Hall–Kier alpha value is -2.70. The molecule has 1 atom stereocenters. The third-order valence-electron chi connectivity index (χ3n) is 4.36. The summed E-state index contributed by atoms with van der Waals surface area (Å²) in [5, 5.41) is 13.6. The highest BCUT2D eigenvalue weighted by atomic mass is 16.2. The zero-order chi connectivity index (χ0) is 17.3. The van der Waals surface area contributed by atoms with Gasteiger partial charge in [-0.25, -0.2) is 4.68 Å². The van der Waals surface area contributed by atoms with Gasteiger partial charge in [0, 0.05) is 6.54 Å². The third-order valence-corrected chi connectivity index (χ3v) is 4.36. The Morgan fingerprint density at radius 3 is 2.88 bits per heavy atom. The summed E-state index contributed by atoms with van der Waals surface area (Å²) in [4.78, 5) is 24.7. The Morgan fingerprint density at radius 2 is 2.17 bits per heavy atom. The van der Waals surface area contributed by atoms with Crippen LogP contribution >= 0.6 is 0 Å². The molecule has 2 heterocycles. The highest BCUT2D eigenvalue weighted by Crippen LogP contribution is 2.16. The maximum atomic E-state index is 12.4. The van der Waals surface area contributed by atoms with E-state index in [-0.39, 0.29) is 29.3 Å². The van der Waals surface area contributed by atoms with Crippen LogP contribution in [0.4, 0.5) is 0 Å². The minimum atomic E-state index is -0.391. The fourth-order valence-corrected chi connectivity index (χ4v) is 2.73. The summed E-state index contributed by atoms with van der Waals surface area (Å²) in [6.07, 6.45) is 0. The van der Waals surface area contributed by atoms with Crippen molar-refractivity contribution in [2.75, 3.05) is 0 Å². The average molecular weight is 327 g/mol. The van der Waals surface area contributed by atoms with E-state index < -0.39 is 5.91 Å². The summed E-state index contributed by atoms with van der Waals surface area (Å²) in [6.45, 7) is 6.96. The lowest BCUT2D eigenvalue weighted by molar-refractivity contribution is 0.0861. The predicted molar refractivity (Wildman–Crippen MR) is 88.5 cm³/mol. The van der Waals surface area contributed by atoms with Gasteiger partial charge in [0.25, 0.3) is 11.8 Å². The van der Waals surface area contributed by atoms with Crippen molar-refractivity contribution in [1.82, 2.24) is 25.6 Å². The summed E-state index contributed by atoms with van der Waals surface area (Å²) >= 11 is 0. The zero-order valence-electron chi connectivity index (χ0n) is 14.0. The van der Waals surface area contributed by atoms with Crippen molar-refractivity contribution in [1.29, 1.82) is 0 Å². The van der Waals surface area contributed by atoms with Gasteiger partial charge in [0.1, 0.15) is 0 Å². The number of benzene rings is 1. The van der Waals surface area contributed by atoms with Crippen molar-refractivity contribution in [3.63, 3.8) is 0 Å². The van der Waals surface area contributed by atoms with Crippen molar-refractivity contribution in [2.45, 2.75) is 39.9 Å². The van der Waals surface area contributed by atoms with Crippen LogP contribution in [0.3, 0.4) is 0 Å². The molecular formula is C17H21N5O2. The largest absolute Gasteiger partial charge is 0.346 e. The van der Waals surface area contributed by atoms with E-state index in [9.17, 15) is 9.59 Å². The number of aromatic nitrogens is 3. The first kappa shape index (κ1) is 16.2. The lowest BCUT2D eigenvalue weighted by atomic mass is 10.0. The summed E-state index contributed by atoms with van der Waals surface area (Å²) in [5.41, 5.74) is 2.42. The van der Waals surface area contributed by atoms with Gasteiger partial charge in [-0.1, -0.05) is 43.3 Å². The van der Waals surface area contributed by atoms with Crippen molar-refractivity contribution < 1.29 is 9.59 Å². The third kappa shape index (κ3) is 3.02. The number of hydrogen-bond donors (Lipinski definition) is 2. The first-order valence-electron chi connectivity index (χ1n) is 8.04. The van der Waals surface area contributed by atoms with Gasteiger partial charge in [-0.05, 0) is 24.0 Å². The van der Waals surface area contributed by atoms with Crippen molar-refractivity contribution in [3.8, 4) is 0 Å². The number of nitrogens with one attached hydrogen (secondary N) is 2. The van der Waals surface area contributed by atoms with Gasteiger partial charge in [0.2, 0.25) is 0 Å². The van der Waals surface area contributed by atoms with E-state index in [1.165, 1.54) is 4.68 Å². The van der Waals surface area contributed by atoms with Gasteiger partial charge < -0.3 is 10.6 Å². The molecule has 1 unspecified atom stereocenters. The molecule has 0 spiro atoms. The molecule has 7 nitrogen and oxygen atoms in total. The Balaban J connectivity index is 1.76. The van der Waals surface area contributed by atoms with Crippen LogP contribution in [0, 0.1) is 12.8 Å². The SMILES string of the molecule is Cc1ccccc1CNC(=O)c1nnn2c1C(=O)NC(C(C)C)C2. The standard InChI is InChI=1S/C17H21N5O2/c1-10(2)13-9-22-15(17(24)19-13)14(20-21-22)16(23)18-8-12-7-5-4-6-11(12)3/h4-7,10,13H,8-9H2,1-3H3,(H,18,23)(H,19,24). The second-order valence-electron chi connectivity index (χ2n) is 6.40. The summed E-state index contributed by atoms with van der Waals surface area (Å²) in [7, 11) is 0.